The normalized spacial score (nSPS) is 40.0. The fourth-order valence-electron chi connectivity index (χ4n) is 1.36. The summed E-state index contributed by atoms with van der Waals surface area (Å²) >= 11 is 3.35. The van der Waals surface area contributed by atoms with Gasteiger partial charge in [0.1, 0.15) is 6.10 Å². The van der Waals surface area contributed by atoms with Gasteiger partial charge in [-0.2, -0.15) is 0 Å². The molecular formula is C8H13BrO4. The second kappa shape index (κ2) is 4.39. The monoisotopic (exact) mass is 252 g/mol. The number of ether oxygens (including phenoxy) is 2. The highest BCUT2D eigenvalue weighted by atomic mass is 79.9. The van der Waals surface area contributed by atoms with Gasteiger partial charge < -0.3 is 14.6 Å². The van der Waals surface area contributed by atoms with E-state index in [-0.39, 0.29) is 23.0 Å². The Hall–Kier alpha value is -0.130. The van der Waals surface area contributed by atoms with Crippen LogP contribution in [0.15, 0.2) is 0 Å². The third-order valence-electron chi connectivity index (χ3n) is 1.92. The van der Waals surface area contributed by atoms with Gasteiger partial charge in [-0.15, -0.1) is 0 Å². The van der Waals surface area contributed by atoms with E-state index >= 15 is 0 Å². The van der Waals surface area contributed by atoms with Crippen molar-refractivity contribution in [3.05, 3.63) is 0 Å². The molecule has 1 saturated heterocycles. The van der Waals surface area contributed by atoms with Gasteiger partial charge in [0, 0.05) is 13.3 Å². The Bertz CT molecular complexity index is 185. The van der Waals surface area contributed by atoms with E-state index in [2.05, 4.69) is 15.9 Å². The second-order valence-corrected chi connectivity index (χ2v) is 4.30. The predicted molar refractivity (Wildman–Crippen MR) is 49.4 cm³/mol. The van der Waals surface area contributed by atoms with Crippen LogP contribution in [0.4, 0.5) is 0 Å². The van der Waals surface area contributed by atoms with Gasteiger partial charge in [-0.1, -0.05) is 15.9 Å². The molecule has 1 fully saturated rings. The SMILES string of the molecule is CC(=O)O[C@H]1[C@H](C)OC(O)C[C@@H]1Br. The lowest BCUT2D eigenvalue weighted by atomic mass is 10.1. The van der Waals surface area contributed by atoms with Crippen molar-refractivity contribution >= 4 is 21.9 Å². The Labute approximate surface area is 85.3 Å². The summed E-state index contributed by atoms with van der Waals surface area (Å²) in [6.45, 7) is 3.13. The van der Waals surface area contributed by atoms with Crippen molar-refractivity contribution in [3.63, 3.8) is 0 Å². The smallest absolute Gasteiger partial charge is 0.303 e. The van der Waals surface area contributed by atoms with Crippen molar-refractivity contribution in [2.75, 3.05) is 0 Å². The van der Waals surface area contributed by atoms with E-state index < -0.39 is 6.29 Å². The lowest BCUT2D eigenvalue weighted by Gasteiger charge is -2.35. The molecule has 0 aromatic rings. The fourth-order valence-corrected chi connectivity index (χ4v) is 2.22. The van der Waals surface area contributed by atoms with Gasteiger partial charge in [0.15, 0.2) is 6.29 Å². The largest absolute Gasteiger partial charge is 0.459 e. The van der Waals surface area contributed by atoms with Crippen molar-refractivity contribution in [2.24, 2.45) is 0 Å². The molecule has 1 N–H and O–H groups in total. The summed E-state index contributed by atoms with van der Waals surface area (Å²) in [5, 5.41) is 9.21. The van der Waals surface area contributed by atoms with Gasteiger partial charge in [-0.05, 0) is 6.92 Å². The molecule has 1 heterocycles. The standard InChI is InChI=1S/C8H13BrO4/c1-4-8(13-5(2)10)6(9)3-7(11)12-4/h4,6-8,11H,3H2,1-2H3/t4-,6-,7?,8-/m0/s1. The third-order valence-corrected chi connectivity index (χ3v) is 2.81. The molecule has 0 aliphatic carbocycles. The molecule has 0 spiro atoms. The number of aliphatic hydroxyl groups is 1. The van der Waals surface area contributed by atoms with Crippen LogP contribution in [-0.2, 0) is 14.3 Å². The molecule has 0 bridgehead atoms. The number of rotatable bonds is 1. The minimum absolute atomic E-state index is 0.0462. The first-order valence-electron chi connectivity index (χ1n) is 4.15. The maximum atomic E-state index is 10.7. The van der Waals surface area contributed by atoms with Crippen molar-refractivity contribution in [3.8, 4) is 0 Å². The number of hydrogen-bond donors (Lipinski definition) is 1. The highest BCUT2D eigenvalue weighted by Crippen LogP contribution is 2.26. The Morgan fingerprint density at radius 2 is 2.31 bits per heavy atom. The van der Waals surface area contributed by atoms with E-state index in [1.54, 1.807) is 6.92 Å². The predicted octanol–water partition coefficient (Wildman–Crippen LogP) is 0.809. The average molecular weight is 253 g/mol. The van der Waals surface area contributed by atoms with Gasteiger partial charge in [-0.3, -0.25) is 4.79 Å². The summed E-state index contributed by atoms with van der Waals surface area (Å²) in [6.07, 6.45) is -0.938. The van der Waals surface area contributed by atoms with Crippen LogP contribution in [0, 0.1) is 0 Å². The summed E-state index contributed by atoms with van der Waals surface area (Å²) in [5.41, 5.74) is 0. The summed E-state index contributed by atoms with van der Waals surface area (Å²) in [7, 11) is 0. The number of alkyl halides is 1. The van der Waals surface area contributed by atoms with Crippen LogP contribution >= 0.6 is 15.9 Å². The highest BCUT2D eigenvalue weighted by Gasteiger charge is 2.36. The molecule has 1 rings (SSSR count). The number of hydrogen-bond acceptors (Lipinski definition) is 4. The van der Waals surface area contributed by atoms with Gasteiger partial charge >= 0.3 is 5.97 Å². The van der Waals surface area contributed by atoms with Crippen molar-refractivity contribution in [1.29, 1.82) is 0 Å². The molecule has 1 unspecified atom stereocenters. The Kier molecular flexibility index (Phi) is 3.70. The fraction of sp³-hybridized carbons (Fsp3) is 0.875. The number of halogens is 1. The molecule has 4 nitrogen and oxygen atoms in total. The van der Waals surface area contributed by atoms with Crippen LogP contribution in [0.3, 0.4) is 0 Å². The van der Waals surface area contributed by atoms with Crippen LogP contribution in [0.2, 0.25) is 0 Å². The second-order valence-electron chi connectivity index (χ2n) is 3.12. The quantitative estimate of drug-likeness (QED) is 0.555. The van der Waals surface area contributed by atoms with E-state index in [1.807, 2.05) is 0 Å². The molecule has 0 radical (unpaired) electrons. The zero-order valence-electron chi connectivity index (χ0n) is 7.57. The van der Waals surface area contributed by atoms with Crippen LogP contribution in [0.1, 0.15) is 20.3 Å². The third kappa shape index (κ3) is 2.93. The average Bonchev–Trinajstić information content (AvgIpc) is 1.96. The highest BCUT2D eigenvalue weighted by molar-refractivity contribution is 9.09. The Balaban J connectivity index is 2.56. The van der Waals surface area contributed by atoms with Crippen molar-refractivity contribution in [1.82, 2.24) is 0 Å². The molecule has 1 aliphatic heterocycles. The lowest BCUT2D eigenvalue weighted by molar-refractivity contribution is -0.202. The molecule has 1 aliphatic rings. The zero-order valence-corrected chi connectivity index (χ0v) is 9.15. The van der Waals surface area contributed by atoms with E-state index in [4.69, 9.17) is 9.47 Å². The van der Waals surface area contributed by atoms with Gasteiger partial charge in [-0.25, -0.2) is 0 Å². The summed E-state index contributed by atoms with van der Waals surface area (Å²) in [5.74, 6) is -0.332. The first-order valence-corrected chi connectivity index (χ1v) is 5.07. The minimum atomic E-state index is -0.772. The van der Waals surface area contributed by atoms with Crippen LogP contribution < -0.4 is 0 Å². The van der Waals surface area contributed by atoms with Crippen molar-refractivity contribution in [2.45, 2.75) is 43.6 Å². The van der Waals surface area contributed by atoms with Crippen molar-refractivity contribution < 1.29 is 19.4 Å². The number of aliphatic hydroxyl groups excluding tert-OH is 1. The molecule has 0 aromatic heterocycles. The summed E-state index contributed by atoms with van der Waals surface area (Å²) in [6, 6.07) is 0. The topological polar surface area (TPSA) is 55.8 Å². The maximum Gasteiger partial charge on any atom is 0.303 e. The zero-order chi connectivity index (χ0) is 10.0. The molecule has 76 valence electrons. The minimum Gasteiger partial charge on any atom is -0.459 e. The van der Waals surface area contributed by atoms with E-state index in [9.17, 15) is 9.90 Å². The molecule has 4 atom stereocenters. The molecule has 0 amide bonds. The number of carbonyl (C=O) groups excluding carboxylic acids is 1. The van der Waals surface area contributed by atoms with Crippen LogP contribution in [0.25, 0.3) is 0 Å². The Morgan fingerprint density at radius 1 is 1.69 bits per heavy atom. The van der Waals surface area contributed by atoms with Gasteiger partial charge in [0.2, 0.25) is 0 Å². The molecule has 0 aromatic carbocycles. The van der Waals surface area contributed by atoms with E-state index in [0.717, 1.165) is 0 Å². The first-order chi connectivity index (χ1) is 6.00. The first kappa shape index (κ1) is 10.9. The van der Waals surface area contributed by atoms with Gasteiger partial charge in [0.05, 0.1) is 10.9 Å². The van der Waals surface area contributed by atoms with E-state index in [0.29, 0.717) is 6.42 Å². The number of carbonyl (C=O) groups is 1. The Morgan fingerprint density at radius 3 is 2.77 bits per heavy atom. The summed E-state index contributed by atoms with van der Waals surface area (Å²) < 4.78 is 10.2. The molecule has 5 heteroatoms. The molecular weight excluding hydrogens is 240 g/mol. The van der Waals surface area contributed by atoms with E-state index in [1.165, 1.54) is 6.92 Å². The maximum absolute atomic E-state index is 10.7. The van der Waals surface area contributed by atoms with Crippen LogP contribution in [-0.4, -0.2) is 34.4 Å². The molecule has 13 heavy (non-hydrogen) atoms. The van der Waals surface area contributed by atoms with Gasteiger partial charge in [0.25, 0.3) is 0 Å². The lowest BCUT2D eigenvalue weighted by Crippen LogP contribution is -2.46. The van der Waals surface area contributed by atoms with Crippen LogP contribution in [0.5, 0.6) is 0 Å². The number of esters is 1. The summed E-state index contributed by atoms with van der Waals surface area (Å²) in [4.78, 5) is 10.7. The molecule has 0 saturated carbocycles.